The normalized spacial score (nSPS) is 18.4. The van der Waals surface area contributed by atoms with Crippen LogP contribution in [0.2, 0.25) is 0 Å². The van der Waals surface area contributed by atoms with E-state index in [-0.39, 0.29) is 18.0 Å². The molecule has 1 aliphatic rings. The summed E-state index contributed by atoms with van der Waals surface area (Å²) in [6, 6.07) is 16.3. The summed E-state index contributed by atoms with van der Waals surface area (Å²) >= 11 is 0. The molecule has 0 fully saturated rings. The minimum Gasteiger partial charge on any atom is -0.497 e. The van der Waals surface area contributed by atoms with Crippen molar-refractivity contribution in [1.29, 1.82) is 0 Å². The van der Waals surface area contributed by atoms with Crippen molar-refractivity contribution in [2.75, 3.05) is 24.8 Å². The molecule has 0 amide bonds. The van der Waals surface area contributed by atoms with Gasteiger partial charge in [0, 0.05) is 0 Å². The van der Waals surface area contributed by atoms with Crippen molar-refractivity contribution in [3.05, 3.63) is 59.7 Å². The number of anilines is 2. The maximum Gasteiger partial charge on any atom is 0.241 e. The first-order valence-electron chi connectivity index (χ1n) is 9.03. The smallest absolute Gasteiger partial charge is 0.241 e. The molecule has 7 heteroatoms. The summed E-state index contributed by atoms with van der Waals surface area (Å²) in [6.45, 7) is 2.62. The molecule has 0 aliphatic carbocycles. The van der Waals surface area contributed by atoms with E-state index in [4.69, 9.17) is 15.2 Å². The lowest BCUT2D eigenvalue weighted by molar-refractivity contribution is 0.340. The van der Waals surface area contributed by atoms with Crippen LogP contribution < -0.4 is 20.5 Å². The maximum absolute atomic E-state index is 5.87. The highest BCUT2D eigenvalue weighted by Crippen LogP contribution is 2.38. The minimum absolute atomic E-state index is 0.0259. The second-order valence-corrected chi connectivity index (χ2v) is 6.47. The molecule has 4 rings (SSSR count). The van der Waals surface area contributed by atoms with Gasteiger partial charge in [-0.3, -0.25) is 0 Å². The van der Waals surface area contributed by atoms with E-state index in [0.29, 0.717) is 12.6 Å². The molecule has 0 saturated carbocycles. The first kappa shape index (κ1) is 17.2. The average molecular weight is 365 g/mol. The Balaban J connectivity index is 1.69. The molecule has 2 aromatic carbocycles. The fraction of sp³-hybridized carbons (Fsp3) is 0.300. The van der Waals surface area contributed by atoms with Gasteiger partial charge in [-0.05, 0) is 48.7 Å². The van der Waals surface area contributed by atoms with Crippen LogP contribution in [0, 0.1) is 0 Å². The number of benzene rings is 2. The summed E-state index contributed by atoms with van der Waals surface area (Å²) in [6.07, 6.45) is 0.816. The van der Waals surface area contributed by atoms with E-state index in [1.807, 2.05) is 41.9 Å². The number of hydrogen-bond acceptors (Lipinski definition) is 6. The molecule has 0 spiro atoms. The number of hydrogen-bond donors (Lipinski definition) is 2. The predicted molar refractivity (Wildman–Crippen MR) is 104 cm³/mol. The van der Waals surface area contributed by atoms with Gasteiger partial charge in [-0.25, -0.2) is 4.68 Å². The Labute approximate surface area is 158 Å². The number of nitrogens with two attached hydrogens (primary N) is 1. The summed E-state index contributed by atoms with van der Waals surface area (Å²) in [7, 11) is 1.67. The van der Waals surface area contributed by atoms with Gasteiger partial charge in [0.25, 0.3) is 0 Å². The predicted octanol–water partition coefficient (Wildman–Crippen LogP) is 3.41. The molecule has 1 aliphatic heterocycles. The highest BCUT2D eigenvalue weighted by molar-refractivity contribution is 5.43. The Morgan fingerprint density at radius 2 is 1.96 bits per heavy atom. The van der Waals surface area contributed by atoms with Crippen molar-refractivity contribution < 1.29 is 9.47 Å². The third-order valence-electron chi connectivity index (χ3n) is 4.78. The van der Waals surface area contributed by atoms with Gasteiger partial charge in [-0.15, -0.1) is 5.10 Å². The summed E-state index contributed by atoms with van der Waals surface area (Å²) in [5.74, 6) is 2.63. The fourth-order valence-corrected chi connectivity index (χ4v) is 3.50. The molecule has 0 bridgehead atoms. The summed E-state index contributed by atoms with van der Waals surface area (Å²) < 4.78 is 12.8. The van der Waals surface area contributed by atoms with Crippen LogP contribution in [0.5, 0.6) is 11.5 Å². The molecule has 3 aromatic rings. The van der Waals surface area contributed by atoms with Crippen molar-refractivity contribution in [3.63, 3.8) is 0 Å². The fourth-order valence-electron chi connectivity index (χ4n) is 3.50. The molecular formula is C20H23N5O2. The van der Waals surface area contributed by atoms with Gasteiger partial charge in [-0.2, -0.15) is 4.98 Å². The minimum atomic E-state index is 0.0259. The first-order valence-corrected chi connectivity index (χ1v) is 9.03. The van der Waals surface area contributed by atoms with Gasteiger partial charge >= 0.3 is 0 Å². The van der Waals surface area contributed by atoms with E-state index < -0.39 is 0 Å². The monoisotopic (exact) mass is 365 g/mol. The van der Waals surface area contributed by atoms with Crippen LogP contribution in [0.25, 0.3) is 0 Å². The molecule has 2 heterocycles. The van der Waals surface area contributed by atoms with Crippen LogP contribution in [0.15, 0.2) is 48.5 Å². The Bertz CT molecular complexity index is 922. The number of fused-ring (bicyclic) bond motifs is 1. The number of nitrogens with one attached hydrogen (secondary N) is 1. The Morgan fingerprint density at radius 3 is 2.70 bits per heavy atom. The third-order valence-corrected chi connectivity index (χ3v) is 4.78. The topological polar surface area (TPSA) is 87.2 Å². The standard InChI is InChI=1S/C20H23N5O2/c1-3-27-15-9-7-13(8-10-15)18-12-17(14-5-4-6-16(11-14)26-2)22-20-23-19(21)24-25(18)20/h4-11,17-18H,3,12H2,1-2H3,(H3,21,22,23,24)/t17-,18+/m1/s1. The van der Waals surface area contributed by atoms with Gasteiger partial charge in [0.05, 0.1) is 25.8 Å². The highest BCUT2D eigenvalue weighted by Gasteiger charge is 2.31. The van der Waals surface area contributed by atoms with E-state index in [0.717, 1.165) is 29.0 Å². The van der Waals surface area contributed by atoms with Gasteiger partial charge in [-0.1, -0.05) is 24.3 Å². The molecular weight excluding hydrogens is 342 g/mol. The zero-order valence-corrected chi connectivity index (χ0v) is 15.4. The van der Waals surface area contributed by atoms with Crippen LogP contribution in [0.1, 0.15) is 36.6 Å². The largest absolute Gasteiger partial charge is 0.497 e. The first-order chi connectivity index (χ1) is 13.2. The van der Waals surface area contributed by atoms with Crippen LogP contribution in [-0.4, -0.2) is 28.5 Å². The van der Waals surface area contributed by atoms with E-state index in [1.165, 1.54) is 0 Å². The van der Waals surface area contributed by atoms with Crippen LogP contribution >= 0.6 is 0 Å². The second-order valence-electron chi connectivity index (χ2n) is 6.47. The number of nitrogen functional groups attached to an aromatic ring is 1. The van der Waals surface area contributed by atoms with Crippen molar-refractivity contribution in [2.45, 2.75) is 25.4 Å². The van der Waals surface area contributed by atoms with E-state index >= 15 is 0 Å². The summed E-state index contributed by atoms with van der Waals surface area (Å²) in [4.78, 5) is 4.35. The Hall–Kier alpha value is -3.22. The summed E-state index contributed by atoms with van der Waals surface area (Å²) in [5, 5.41) is 7.84. The number of aromatic nitrogens is 3. The van der Waals surface area contributed by atoms with Crippen molar-refractivity contribution in [2.24, 2.45) is 0 Å². The second kappa shape index (κ2) is 7.19. The van der Waals surface area contributed by atoms with Crippen molar-refractivity contribution >= 4 is 11.9 Å². The molecule has 27 heavy (non-hydrogen) atoms. The molecule has 2 atom stereocenters. The van der Waals surface area contributed by atoms with E-state index in [9.17, 15) is 0 Å². The van der Waals surface area contributed by atoms with E-state index in [1.54, 1.807) is 7.11 Å². The molecule has 0 saturated heterocycles. The molecule has 1 aromatic heterocycles. The zero-order chi connectivity index (χ0) is 18.8. The molecule has 7 nitrogen and oxygen atoms in total. The number of nitrogens with zero attached hydrogens (tertiary/aromatic N) is 3. The summed E-state index contributed by atoms with van der Waals surface area (Å²) in [5.41, 5.74) is 8.14. The van der Waals surface area contributed by atoms with Crippen LogP contribution in [0.3, 0.4) is 0 Å². The van der Waals surface area contributed by atoms with Gasteiger partial charge in [0.2, 0.25) is 11.9 Å². The number of rotatable bonds is 5. The SMILES string of the molecule is CCOc1ccc([C@@H]2C[C@H](c3cccc(OC)c3)Nc3nc(N)nn32)cc1. The number of methoxy groups -OCH3 is 1. The molecule has 3 N–H and O–H groups in total. The van der Waals surface area contributed by atoms with Crippen molar-refractivity contribution in [3.8, 4) is 11.5 Å². The van der Waals surface area contributed by atoms with E-state index in [2.05, 4.69) is 33.6 Å². The quantitative estimate of drug-likeness (QED) is 0.720. The lowest BCUT2D eigenvalue weighted by atomic mass is 9.93. The number of ether oxygens (including phenoxy) is 2. The Morgan fingerprint density at radius 1 is 1.15 bits per heavy atom. The Kier molecular flexibility index (Phi) is 4.58. The molecule has 0 unspecified atom stereocenters. The molecule has 140 valence electrons. The van der Waals surface area contributed by atoms with Crippen molar-refractivity contribution in [1.82, 2.24) is 14.8 Å². The maximum atomic E-state index is 5.87. The zero-order valence-electron chi connectivity index (χ0n) is 15.4. The average Bonchev–Trinajstić information content (AvgIpc) is 3.08. The third kappa shape index (κ3) is 3.40. The highest BCUT2D eigenvalue weighted by atomic mass is 16.5. The lowest BCUT2D eigenvalue weighted by Crippen LogP contribution is -2.28. The lowest BCUT2D eigenvalue weighted by Gasteiger charge is -2.31. The van der Waals surface area contributed by atoms with Gasteiger partial charge < -0.3 is 20.5 Å². The molecule has 0 radical (unpaired) electrons. The van der Waals surface area contributed by atoms with Crippen LogP contribution in [0.4, 0.5) is 11.9 Å². The van der Waals surface area contributed by atoms with Gasteiger partial charge in [0.1, 0.15) is 11.5 Å². The van der Waals surface area contributed by atoms with Gasteiger partial charge in [0.15, 0.2) is 0 Å². The van der Waals surface area contributed by atoms with Crippen LogP contribution in [-0.2, 0) is 0 Å².